The molecule has 0 spiro atoms. The first-order valence-corrected chi connectivity index (χ1v) is 7.96. The van der Waals surface area contributed by atoms with Crippen LogP contribution in [0.15, 0.2) is 71.1 Å². The zero-order valence-corrected chi connectivity index (χ0v) is 14.2. The third-order valence-electron chi connectivity index (χ3n) is 3.41. The maximum atomic E-state index is 10.4. The van der Waals surface area contributed by atoms with Crippen LogP contribution in [0.1, 0.15) is 16.7 Å². The Bertz CT molecular complexity index is 837. The van der Waals surface area contributed by atoms with Crippen LogP contribution < -0.4 is 10.9 Å². The van der Waals surface area contributed by atoms with E-state index in [1.165, 1.54) is 0 Å². The van der Waals surface area contributed by atoms with Crippen molar-refractivity contribution >= 4 is 24.1 Å². The van der Waals surface area contributed by atoms with Gasteiger partial charge in [-0.1, -0.05) is 12.1 Å². The maximum Gasteiger partial charge on any atom is 0.146 e. The van der Waals surface area contributed by atoms with Crippen LogP contribution in [0.3, 0.4) is 0 Å². The van der Waals surface area contributed by atoms with Crippen molar-refractivity contribution in [1.29, 1.82) is 0 Å². The van der Waals surface area contributed by atoms with Gasteiger partial charge in [0.05, 0.1) is 12.4 Å². The van der Waals surface area contributed by atoms with E-state index in [2.05, 4.69) is 31.0 Å². The lowest BCUT2D eigenvalue weighted by molar-refractivity contribution is 0.473. The van der Waals surface area contributed by atoms with E-state index >= 15 is 0 Å². The van der Waals surface area contributed by atoms with Gasteiger partial charge in [-0.25, -0.2) is 9.97 Å². The minimum atomic E-state index is 0.0914. The SMILES string of the molecule is Cc1cc(/C=N/Nc2ccccn2)c(O)c(/C=N/Nc2ccccn2)c1. The zero-order chi connectivity index (χ0) is 18.2. The molecule has 0 aliphatic carbocycles. The standard InChI is InChI=1S/C19H18N6O/c1-14-10-15(12-22-24-17-6-2-4-8-20-17)19(26)16(11-14)13-23-25-18-7-3-5-9-21-18/h2-13,26H,1H3,(H,20,24)(H,21,25)/b22-12+,23-13+. The van der Waals surface area contributed by atoms with E-state index in [1.807, 2.05) is 43.3 Å². The lowest BCUT2D eigenvalue weighted by atomic mass is 10.1. The average molecular weight is 346 g/mol. The van der Waals surface area contributed by atoms with Crippen LogP contribution in [0.25, 0.3) is 0 Å². The summed E-state index contributed by atoms with van der Waals surface area (Å²) in [6.07, 6.45) is 6.43. The molecule has 0 saturated heterocycles. The Morgan fingerprint density at radius 1 is 0.846 bits per heavy atom. The summed E-state index contributed by atoms with van der Waals surface area (Å²) in [6.45, 7) is 1.94. The molecule has 0 atom stereocenters. The number of benzene rings is 1. The molecule has 0 bridgehead atoms. The van der Waals surface area contributed by atoms with E-state index in [4.69, 9.17) is 0 Å². The molecule has 0 unspecified atom stereocenters. The van der Waals surface area contributed by atoms with Crippen molar-refractivity contribution in [1.82, 2.24) is 9.97 Å². The van der Waals surface area contributed by atoms with Gasteiger partial charge >= 0.3 is 0 Å². The van der Waals surface area contributed by atoms with E-state index in [-0.39, 0.29) is 5.75 Å². The van der Waals surface area contributed by atoms with Gasteiger partial charge in [-0.3, -0.25) is 10.9 Å². The van der Waals surface area contributed by atoms with Gasteiger partial charge in [0.15, 0.2) is 0 Å². The van der Waals surface area contributed by atoms with Crippen LogP contribution in [0.4, 0.5) is 11.6 Å². The number of anilines is 2. The minimum absolute atomic E-state index is 0.0914. The van der Waals surface area contributed by atoms with E-state index in [0.29, 0.717) is 22.8 Å². The number of nitrogens with zero attached hydrogens (tertiary/aromatic N) is 4. The Kier molecular flexibility index (Phi) is 5.51. The number of hydrogen-bond donors (Lipinski definition) is 3. The number of aryl methyl sites for hydroxylation is 1. The van der Waals surface area contributed by atoms with Crippen molar-refractivity contribution < 1.29 is 5.11 Å². The van der Waals surface area contributed by atoms with Crippen LogP contribution in [0, 0.1) is 6.92 Å². The number of pyridine rings is 2. The highest BCUT2D eigenvalue weighted by atomic mass is 16.3. The summed E-state index contributed by atoms with van der Waals surface area (Å²) in [4.78, 5) is 8.23. The molecule has 3 N–H and O–H groups in total. The Hall–Kier alpha value is -3.74. The van der Waals surface area contributed by atoms with Crippen molar-refractivity contribution in [2.75, 3.05) is 10.9 Å². The molecular formula is C19H18N6O. The molecule has 130 valence electrons. The van der Waals surface area contributed by atoms with Gasteiger partial charge in [0, 0.05) is 23.5 Å². The molecule has 7 heteroatoms. The van der Waals surface area contributed by atoms with Crippen LogP contribution >= 0.6 is 0 Å². The highest BCUT2D eigenvalue weighted by Crippen LogP contribution is 2.22. The fourth-order valence-electron chi connectivity index (χ4n) is 2.23. The molecule has 2 heterocycles. The normalized spacial score (nSPS) is 11.1. The fourth-order valence-corrected chi connectivity index (χ4v) is 2.23. The molecule has 0 aliphatic rings. The first kappa shape index (κ1) is 17.1. The molecule has 3 aromatic rings. The van der Waals surface area contributed by atoms with Crippen molar-refractivity contribution in [3.05, 3.63) is 77.6 Å². The van der Waals surface area contributed by atoms with Crippen LogP contribution in [0.5, 0.6) is 5.75 Å². The molecule has 26 heavy (non-hydrogen) atoms. The molecule has 0 radical (unpaired) electrons. The highest BCUT2D eigenvalue weighted by Gasteiger charge is 2.06. The Balaban J connectivity index is 1.73. The minimum Gasteiger partial charge on any atom is -0.507 e. The summed E-state index contributed by atoms with van der Waals surface area (Å²) in [5.41, 5.74) is 7.76. The second-order valence-electron chi connectivity index (χ2n) is 5.46. The van der Waals surface area contributed by atoms with Gasteiger partial charge < -0.3 is 5.11 Å². The van der Waals surface area contributed by atoms with Gasteiger partial charge in [0.1, 0.15) is 17.4 Å². The van der Waals surface area contributed by atoms with E-state index in [0.717, 1.165) is 5.56 Å². The van der Waals surface area contributed by atoms with Crippen molar-refractivity contribution in [2.45, 2.75) is 6.92 Å². The summed E-state index contributed by atoms with van der Waals surface area (Å²) >= 11 is 0. The zero-order valence-electron chi connectivity index (χ0n) is 14.2. The third kappa shape index (κ3) is 4.64. The van der Waals surface area contributed by atoms with E-state index < -0.39 is 0 Å². The number of aromatic nitrogens is 2. The van der Waals surface area contributed by atoms with E-state index in [9.17, 15) is 5.11 Å². The van der Waals surface area contributed by atoms with Gasteiger partial charge in [0.2, 0.25) is 0 Å². The molecule has 0 saturated carbocycles. The number of hydrazone groups is 2. The van der Waals surface area contributed by atoms with Crippen LogP contribution in [0.2, 0.25) is 0 Å². The Morgan fingerprint density at radius 2 is 1.35 bits per heavy atom. The Labute approximate surface area is 151 Å². The predicted octanol–water partition coefficient (Wildman–Crippen LogP) is 3.38. The average Bonchev–Trinajstić information content (AvgIpc) is 2.67. The Morgan fingerprint density at radius 3 is 1.77 bits per heavy atom. The van der Waals surface area contributed by atoms with Gasteiger partial charge in [0.25, 0.3) is 0 Å². The molecule has 2 aromatic heterocycles. The third-order valence-corrected chi connectivity index (χ3v) is 3.41. The number of phenolic OH excluding ortho intramolecular Hbond substituents is 1. The summed E-state index contributed by atoms with van der Waals surface area (Å²) in [6, 6.07) is 14.6. The van der Waals surface area contributed by atoms with Crippen LogP contribution in [-0.4, -0.2) is 27.5 Å². The van der Waals surface area contributed by atoms with Crippen molar-refractivity contribution in [2.24, 2.45) is 10.2 Å². The van der Waals surface area contributed by atoms with Gasteiger partial charge in [-0.15, -0.1) is 0 Å². The number of aromatic hydroxyl groups is 1. The molecule has 0 amide bonds. The second-order valence-corrected chi connectivity index (χ2v) is 5.46. The summed E-state index contributed by atoms with van der Waals surface area (Å²) < 4.78 is 0. The largest absolute Gasteiger partial charge is 0.507 e. The topological polar surface area (TPSA) is 94.8 Å². The lowest BCUT2D eigenvalue weighted by Crippen LogP contribution is -1.97. The van der Waals surface area contributed by atoms with E-state index in [1.54, 1.807) is 37.0 Å². The fraction of sp³-hybridized carbons (Fsp3) is 0.0526. The number of rotatable bonds is 6. The molecular weight excluding hydrogens is 328 g/mol. The summed E-state index contributed by atoms with van der Waals surface area (Å²) in [7, 11) is 0. The predicted molar refractivity (Wildman–Crippen MR) is 104 cm³/mol. The molecule has 0 fully saturated rings. The second kappa shape index (κ2) is 8.39. The van der Waals surface area contributed by atoms with Crippen molar-refractivity contribution in [3.63, 3.8) is 0 Å². The first-order valence-electron chi connectivity index (χ1n) is 7.96. The quantitative estimate of drug-likeness (QED) is 0.470. The van der Waals surface area contributed by atoms with Gasteiger partial charge in [-0.05, 0) is 48.9 Å². The molecule has 7 nitrogen and oxygen atoms in total. The highest BCUT2D eigenvalue weighted by molar-refractivity contribution is 5.92. The number of phenols is 1. The summed E-state index contributed by atoms with van der Waals surface area (Å²) in [5.74, 6) is 1.34. The van der Waals surface area contributed by atoms with Crippen molar-refractivity contribution in [3.8, 4) is 5.75 Å². The van der Waals surface area contributed by atoms with Crippen LogP contribution in [-0.2, 0) is 0 Å². The number of nitrogens with one attached hydrogen (secondary N) is 2. The first-order chi connectivity index (χ1) is 12.7. The summed E-state index contributed by atoms with van der Waals surface area (Å²) in [5, 5.41) is 18.7. The monoisotopic (exact) mass is 346 g/mol. The molecule has 0 aliphatic heterocycles. The smallest absolute Gasteiger partial charge is 0.146 e. The molecule has 3 rings (SSSR count). The maximum absolute atomic E-state index is 10.4. The molecule has 1 aromatic carbocycles. The lowest BCUT2D eigenvalue weighted by Gasteiger charge is -2.06. The number of hydrogen-bond acceptors (Lipinski definition) is 7. The van der Waals surface area contributed by atoms with Gasteiger partial charge in [-0.2, -0.15) is 10.2 Å².